The number of likely N-dealkylation sites (tertiary alicyclic amines) is 1. The van der Waals surface area contributed by atoms with Gasteiger partial charge < -0.3 is 9.30 Å². The number of piperidine rings is 1. The van der Waals surface area contributed by atoms with Crippen molar-refractivity contribution in [3.05, 3.63) is 35.5 Å². The second-order valence-electron chi connectivity index (χ2n) is 10.8. The quantitative estimate of drug-likeness (QED) is 0.441. The highest BCUT2D eigenvalue weighted by Crippen LogP contribution is 2.46. The molecule has 33 heavy (non-hydrogen) atoms. The third-order valence-corrected chi connectivity index (χ3v) is 8.25. The van der Waals surface area contributed by atoms with Gasteiger partial charge in [-0.1, -0.05) is 31.9 Å². The molecule has 3 atom stereocenters. The number of hydrogen-bond acceptors (Lipinski definition) is 3. The average molecular weight is 473 g/mol. The molecule has 2 heterocycles. The van der Waals surface area contributed by atoms with E-state index in [0.717, 1.165) is 38.8 Å². The van der Waals surface area contributed by atoms with Crippen LogP contribution in [-0.4, -0.2) is 40.7 Å². The fourth-order valence-electron chi connectivity index (χ4n) is 6.59. The first-order valence-corrected chi connectivity index (χ1v) is 13.1. The van der Waals surface area contributed by atoms with E-state index >= 15 is 0 Å². The smallest absolute Gasteiger partial charge is 0.310 e. The number of benzene rings is 1. The van der Waals surface area contributed by atoms with Crippen molar-refractivity contribution in [3.63, 3.8) is 0 Å². The van der Waals surface area contributed by atoms with Gasteiger partial charge in [0.1, 0.15) is 6.10 Å². The lowest BCUT2D eigenvalue weighted by Crippen LogP contribution is -2.52. The summed E-state index contributed by atoms with van der Waals surface area (Å²) < 4.78 is 8.51. The number of carbonyl (C=O) groups is 1. The SMILES string of the molecule is CCCCN1C[C@H](C(=O)OC2CCCCC2)C[C@@H]2c3cccc4c3c(cn4C(C)C)C[C@H]21.Cl. The Morgan fingerprint density at radius 1 is 1.18 bits per heavy atom. The lowest BCUT2D eigenvalue weighted by Gasteiger charge is -2.46. The maximum Gasteiger partial charge on any atom is 0.310 e. The summed E-state index contributed by atoms with van der Waals surface area (Å²) in [5, 5.41) is 1.46. The van der Waals surface area contributed by atoms with E-state index in [9.17, 15) is 4.79 Å². The summed E-state index contributed by atoms with van der Waals surface area (Å²) in [6, 6.07) is 7.79. The number of carbonyl (C=O) groups excluding carboxylic acids is 1. The molecule has 5 heteroatoms. The number of fused-ring (bicyclic) bond motifs is 2. The van der Waals surface area contributed by atoms with E-state index in [2.05, 4.69) is 54.6 Å². The summed E-state index contributed by atoms with van der Waals surface area (Å²) in [5.74, 6) is 0.484. The van der Waals surface area contributed by atoms with Crippen LogP contribution in [0.25, 0.3) is 10.9 Å². The van der Waals surface area contributed by atoms with E-state index in [0.29, 0.717) is 18.0 Å². The number of halogens is 1. The minimum atomic E-state index is -0.000904. The molecule has 2 fully saturated rings. The molecule has 4 nitrogen and oxygen atoms in total. The number of unbranched alkanes of at least 4 members (excludes halogenated alkanes) is 1. The van der Waals surface area contributed by atoms with Crippen molar-refractivity contribution in [2.24, 2.45) is 5.92 Å². The molecule has 2 aliphatic carbocycles. The standard InChI is InChI=1S/C28H40N2O2.ClH/c1-4-5-14-29-17-21(28(31)32-22-10-7-6-8-11-22)15-24-23-12-9-13-25-27(23)20(16-26(24)29)18-30(25)19(2)3;/h9,12-13,18-19,21-22,24,26H,4-8,10-11,14-17H2,1-3H3;1H/t21-,24-,26-;/m1./s1. The number of ether oxygens (including phenoxy) is 1. The zero-order valence-corrected chi connectivity index (χ0v) is 21.4. The Hall–Kier alpha value is -1.52. The maximum atomic E-state index is 13.3. The van der Waals surface area contributed by atoms with Crippen molar-refractivity contribution in [3.8, 4) is 0 Å². The van der Waals surface area contributed by atoms with Gasteiger partial charge in [0.15, 0.2) is 0 Å². The summed E-state index contributed by atoms with van der Waals surface area (Å²) in [4.78, 5) is 15.9. The molecule has 0 radical (unpaired) electrons. The Labute approximate surface area is 205 Å². The molecule has 2 aromatic rings. The second-order valence-corrected chi connectivity index (χ2v) is 10.8. The van der Waals surface area contributed by atoms with E-state index in [4.69, 9.17) is 4.74 Å². The van der Waals surface area contributed by atoms with Crippen LogP contribution >= 0.6 is 12.4 Å². The van der Waals surface area contributed by atoms with Crippen LogP contribution in [0, 0.1) is 5.92 Å². The molecular formula is C28H41ClN2O2. The van der Waals surface area contributed by atoms with Gasteiger partial charge in [-0.15, -0.1) is 12.4 Å². The van der Waals surface area contributed by atoms with Crippen LogP contribution in [0.3, 0.4) is 0 Å². The Morgan fingerprint density at radius 3 is 2.70 bits per heavy atom. The van der Waals surface area contributed by atoms with E-state index in [-0.39, 0.29) is 30.4 Å². The van der Waals surface area contributed by atoms with Crippen LogP contribution in [0.1, 0.15) is 95.2 Å². The average Bonchev–Trinajstić information content (AvgIpc) is 3.18. The first-order valence-electron chi connectivity index (χ1n) is 13.1. The number of nitrogens with zero attached hydrogens (tertiary/aromatic N) is 2. The van der Waals surface area contributed by atoms with Gasteiger partial charge >= 0.3 is 5.97 Å². The van der Waals surface area contributed by atoms with E-state index in [1.807, 2.05) is 0 Å². The van der Waals surface area contributed by atoms with Gasteiger partial charge in [0.05, 0.1) is 5.92 Å². The summed E-state index contributed by atoms with van der Waals surface area (Å²) in [7, 11) is 0. The maximum absolute atomic E-state index is 13.3. The van der Waals surface area contributed by atoms with Crippen molar-refractivity contribution in [1.29, 1.82) is 0 Å². The molecule has 1 aromatic carbocycles. The summed E-state index contributed by atoms with van der Waals surface area (Å²) in [6.45, 7) is 8.75. The lowest BCUT2D eigenvalue weighted by atomic mass is 9.72. The van der Waals surface area contributed by atoms with Gasteiger partial charge in [0.2, 0.25) is 0 Å². The Kier molecular flexibility index (Phi) is 7.75. The first kappa shape index (κ1) is 24.6. The van der Waals surface area contributed by atoms with Crippen LogP contribution < -0.4 is 0 Å². The summed E-state index contributed by atoms with van der Waals surface area (Å²) in [5.41, 5.74) is 4.32. The van der Waals surface area contributed by atoms with Crippen molar-refractivity contribution in [2.45, 2.75) is 103 Å². The lowest BCUT2D eigenvalue weighted by molar-refractivity contribution is -0.158. The van der Waals surface area contributed by atoms with Gasteiger partial charge in [-0.05, 0) is 82.5 Å². The Balaban J connectivity index is 0.00000259. The fourth-order valence-corrected chi connectivity index (χ4v) is 6.59. The summed E-state index contributed by atoms with van der Waals surface area (Å²) >= 11 is 0. The van der Waals surface area contributed by atoms with Gasteiger partial charge in [-0.2, -0.15) is 0 Å². The zero-order chi connectivity index (χ0) is 22.2. The number of hydrogen-bond donors (Lipinski definition) is 0. The molecule has 0 N–H and O–H groups in total. The molecule has 0 bridgehead atoms. The number of aromatic nitrogens is 1. The molecule has 1 saturated heterocycles. The predicted octanol–water partition coefficient (Wildman–Crippen LogP) is 6.65. The molecule has 0 amide bonds. The zero-order valence-electron chi connectivity index (χ0n) is 20.6. The van der Waals surface area contributed by atoms with E-state index < -0.39 is 0 Å². The van der Waals surface area contributed by atoms with Crippen molar-refractivity contribution < 1.29 is 9.53 Å². The third kappa shape index (κ3) is 4.71. The molecule has 1 aromatic heterocycles. The van der Waals surface area contributed by atoms with Crippen molar-refractivity contribution in [2.75, 3.05) is 13.1 Å². The van der Waals surface area contributed by atoms with E-state index in [1.54, 1.807) is 0 Å². The molecule has 1 saturated carbocycles. The van der Waals surface area contributed by atoms with Gasteiger partial charge in [-0.3, -0.25) is 9.69 Å². The normalized spacial score (nSPS) is 25.6. The molecule has 5 rings (SSSR count). The van der Waals surface area contributed by atoms with Crippen LogP contribution in [-0.2, 0) is 16.0 Å². The van der Waals surface area contributed by atoms with Crippen molar-refractivity contribution in [1.82, 2.24) is 9.47 Å². The fraction of sp³-hybridized carbons (Fsp3) is 0.679. The van der Waals surface area contributed by atoms with Crippen LogP contribution in [0.5, 0.6) is 0 Å². The van der Waals surface area contributed by atoms with Crippen LogP contribution in [0.4, 0.5) is 0 Å². The number of rotatable bonds is 6. The van der Waals surface area contributed by atoms with E-state index in [1.165, 1.54) is 54.1 Å². The molecular weight excluding hydrogens is 432 g/mol. The summed E-state index contributed by atoms with van der Waals surface area (Å²) in [6.07, 6.45) is 12.8. The monoisotopic (exact) mass is 472 g/mol. The Morgan fingerprint density at radius 2 is 1.97 bits per heavy atom. The largest absolute Gasteiger partial charge is 0.462 e. The highest BCUT2D eigenvalue weighted by atomic mass is 35.5. The van der Waals surface area contributed by atoms with Crippen LogP contribution in [0.2, 0.25) is 0 Å². The third-order valence-electron chi connectivity index (χ3n) is 8.25. The predicted molar refractivity (Wildman–Crippen MR) is 137 cm³/mol. The topological polar surface area (TPSA) is 34.5 Å². The minimum absolute atomic E-state index is 0. The van der Waals surface area contributed by atoms with Crippen molar-refractivity contribution >= 4 is 29.3 Å². The highest BCUT2D eigenvalue weighted by Gasteiger charge is 2.43. The van der Waals surface area contributed by atoms with Crippen LogP contribution in [0.15, 0.2) is 24.4 Å². The van der Waals surface area contributed by atoms with Gasteiger partial charge in [-0.25, -0.2) is 0 Å². The minimum Gasteiger partial charge on any atom is -0.462 e. The van der Waals surface area contributed by atoms with Gasteiger partial charge in [0, 0.05) is 41.6 Å². The number of esters is 1. The molecule has 3 aliphatic rings. The molecule has 182 valence electrons. The molecule has 0 spiro atoms. The molecule has 0 unspecified atom stereocenters. The first-order chi connectivity index (χ1) is 15.6. The highest BCUT2D eigenvalue weighted by molar-refractivity contribution is 5.89. The molecule has 1 aliphatic heterocycles. The second kappa shape index (κ2) is 10.4. The van der Waals surface area contributed by atoms with Gasteiger partial charge in [0.25, 0.3) is 0 Å². The Bertz CT molecular complexity index is 962.